The second-order valence-corrected chi connectivity index (χ2v) is 4.02. The lowest BCUT2D eigenvalue weighted by Crippen LogP contribution is -1.96. The molecule has 2 aromatic rings. The van der Waals surface area contributed by atoms with Gasteiger partial charge < -0.3 is 4.57 Å². The molecule has 0 saturated heterocycles. The van der Waals surface area contributed by atoms with Crippen LogP contribution >= 0.6 is 0 Å². The summed E-state index contributed by atoms with van der Waals surface area (Å²) in [4.78, 5) is 8.99. The van der Waals surface area contributed by atoms with Crippen LogP contribution in [0.15, 0.2) is 36.5 Å². The lowest BCUT2D eigenvalue weighted by molar-refractivity contribution is 0.906. The van der Waals surface area contributed by atoms with Crippen LogP contribution in [-0.4, -0.2) is 14.5 Å². The van der Waals surface area contributed by atoms with Gasteiger partial charge in [0.2, 0.25) is 0 Å². The van der Waals surface area contributed by atoms with E-state index >= 15 is 0 Å². The standard InChI is InChI=1S/C14H13N3.2C2H6/c1-17-13-9-4-2-3-7-11(13)16-14(17)12-8-5-6-10-15-12;2*1-2/h3-10H,2H2,1H3;2*1-2H3. The van der Waals surface area contributed by atoms with E-state index in [4.69, 9.17) is 0 Å². The second-order valence-electron chi connectivity index (χ2n) is 4.02. The molecule has 2 heterocycles. The molecule has 0 unspecified atom stereocenters. The molecule has 0 fully saturated rings. The van der Waals surface area contributed by atoms with Crippen LogP contribution in [-0.2, 0) is 7.05 Å². The lowest BCUT2D eigenvalue weighted by atomic mass is 10.3. The van der Waals surface area contributed by atoms with Gasteiger partial charge in [0.05, 0.1) is 11.4 Å². The van der Waals surface area contributed by atoms with Crippen molar-refractivity contribution in [3.05, 3.63) is 47.9 Å². The largest absolute Gasteiger partial charge is 0.326 e. The minimum Gasteiger partial charge on any atom is -0.326 e. The molecule has 1 aliphatic carbocycles. The zero-order valence-electron chi connectivity index (χ0n) is 13.7. The Morgan fingerprint density at radius 3 is 2.38 bits per heavy atom. The van der Waals surface area contributed by atoms with Gasteiger partial charge in [-0.25, -0.2) is 4.98 Å². The monoisotopic (exact) mass is 283 g/mol. The summed E-state index contributed by atoms with van der Waals surface area (Å²) in [7, 11) is 2.03. The summed E-state index contributed by atoms with van der Waals surface area (Å²) in [5.41, 5.74) is 3.06. The number of pyridine rings is 1. The minimum atomic E-state index is 0.907. The Bertz CT molecular complexity index is 592. The molecule has 3 heteroatoms. The summed E-state index contributed by atoms with van der Waals surface area (Å²) in [6.45, 7) is 8.00. The number of hydrogen-bond donors (Lipinski definition) is 0. The molecular weight excluding hydrogens is 258 g/mol. The van der Waals surface area contributed by atoms with E-state index in [0.29, 0.717) is 0 Å². The third-order valence-corrected chi connectivity index (χ3v) is 2.89. The van der Waals surface area contributed by atoms with E-state index in [1.54, 1.807) is 6.20 Å². The first kappa shape index (κ1) is 16.9. The summed E-state index contributed by atoms with van der Waals surface area (Å²) in [5.74, 6) is 0.909. The number of allylic oxidation sites excluding steroid dienone is 2. The second kappa shape index (κ2) is 8.90. The van der Waals surface area contributed by atoms with Crippen LogP contribution in [0.4, 0.5) is 0 Å². The normalized spacial score (nSPS) is 11.5. The van der Waals surface area contributed by atoms with Crippen molar-refractivity contribution in [2.75, 3.05) is 0 Å². The van der Waals surface area contributed by atoms with Crippen molar-refractivity contribution in [3.63, 3.8) is 0 Å². The van der Waals surface area contributed by atoms with Crippen molar-refractivity contribution < 1.29 is 0 Å². The maximum absolute atomic E-state index is 4.64. The fraction of sp³-hybridized carbons (Fsp3) is 0.333. The third-order valence-electron chi connectivity index (χ3n) is 2.89. The molecule has 0 atom stereocenters. The topological polar surface area (TPSA) is 30.7 Å². The predicted molar refractivity (Wildman–Crippen MR) is 91.8 cm³/mol. The lowest BCUT2D eigenvalue weighted by Gasteiger charge is -2.01. The smallest absolute Gasteiger partial charge is 0.159 e. The predicted octanol–water partition coefficient (Wildman–Crippen LogP) is 4.96. The number of rotatable bonds is 1. The maximum atomic E-state index is 4.64. The Morgan fingerprint density at radius 1 is 1.00 bits per heavy atom. The van der Waals surface area contributed by atoms with E-state index in [-0.39, 0.29) is 0 Å². The SMILES string of the molecule is CC.CC.Cn1c(-c2ccccn2)nc2c1C=CCC=C2. The Hall–Kier alpha value is -2.16. The van der Waals surface area contributed by atoms with E-state index in [2.05, 4.69) is 38.8 Å². The Balaban J connectivity index is 0.000000510. The molecule has 0 amide bonds. The average Bonchev–Trinajstić information content (AvgIpc) is 2.75. The zero-order chi connectivity index (χ0) is 15.7. The van der Waals surface area contributed by atoms with Gasteiger partial charge in [0, 0.05) is 13.2 Å². The number of hydrogen-bond acceptors (Lipinski definition) is 2. The van der Waals surface area contributed by atoms with Crippen LogP contribution in [0.1, 0.15) is 45.5 Å². The molecule has 0 bridgehead atoms. The summed E-state index contributed by atoms with van der Waals surface area (Å²) in [6, 6.07) is 5.88. The van der Waals surface area contributed by atoms with Crippen molar-refractivity contribution in [2.24, 2.45) is 7.05 Å². The first-order valence-electron chi connectivity index (χ1n) is 7.67. The number of aromatic nitrogens is 3. The van der Waals surface area contributed by atoms with Crippen LogP contribution in [0.3, 0.4) is 0 Å². The molecule has 3 rings (SSSR count). The first-order valence-corrected chi connectivity index (χ1v) is 7.67. The Labute approximate surface area is 128 Å². The van der Waals surface area contributed by atoms with Gasteiger partial charge in [-0.3, -0.25) is 4.98 Å². The summed E-state index contributed by atoms with van der Waals surface area (Å²) in [6.07, 6.45) is 11.2. The van der Waals surface area contributed by atoms with Crippen LogP contribution < -0.4 is 0 Å². The van der Waals surface area contributed by atoms with Crippen molar-refractivity contribution in [3.8, 4) is 11.5 Å². The zero-order valence-corrected chi connectivity index (χ0v) is 13.7. The van der Waals surface area contributed by atoms with E-state index in [9.17, 15) is 0 Å². The van der Waals surface area contributed by atoms with Crippen molar-refractivity contribution in [2.45, 2.75) is 34.1 Å². The minimum absolute atomic E-state index is 0.907. The van der Waals surface area contributed by atoms with Crippen LogP contribution in [0.25, 0.3) is 23.7 Å². The Morgan fingerprint density at radius 2 is 1.71 bits per heavy atom. The quantitative estimate of drug-likeness (QED) is 0.740. The van der Waals surface area contributed by atoms with Crippen molar-refractivity contribution in [1.82, 2.24) is 14.5 Å². The van der Waals surface area contributed by atoms with Gasteiger partial charge in [0.25, 0.3) is 0 Å². The molecule has 0 N–H and O–H groups in total. The summed E-state index contributed by atoms with van der Waals surface area (Å²) in [5, 5.41) is 0. The van der Waals surface area contributed by atoms with Crippen LogP contribution in [0, 0.1) is 0 Å². The van der Waals surface area contributed by atoms with E-state index < -0.39 is 0 Å². The van der Waals surface area contributed by atoms with Gasteiger partial charge in [-0.1, -0.05) is 45.9 Å². The molecule has 112 valence electrons. The molecule has 0 spiro atoms. The first-order chi connectivity index (χ1) is 10.4. The highest BCUT2D eigenvalue weighted by molar-refractivity contribution is 5.67. The molecular formula is C18H25N3. The number of fused-ring (bicyclic) bond motifs is 1. The van der Waals surface area contributed by atoms with E-state index in [1.165, 1.54) is 0 Å². The van der Waals surface area contributed by atoms with Crippen molar-refractivity contribution >= 4 is 12.2 Å². The van der Waals surface area contributed by atoms with Gasteiger partial charge >= 0.3 is 0 Å². The highest BCUT2D eigenvalue weighted by atomic mass is 15.1. The van der Waals surface area contributed by atoms with Gasteiger partial charge in [0.15, 0.2) is 5.82 Å². The number of nitrogens with zero attached hydrogens (tertiary/aromatic N) is 3. The van der Waals surface area contributed by atoms with Gasteiger partial charge in [-0.15, -0.1) is 0 Å². The van der Waals surface area contributed by atoms with Gasteiger partial charge in [0.1, 0.15) is 5.69 Å². The molecule has 0 radical (unpaired) electrons. The molecule has 0 aromatic carbocycles. The fourth-order valence-corrected chi connectivity index (χ4v) is 2.01. The Kier molecular flexibility index (Phi) is 7.16. The maximum Gasteiger partial charge on any atom is 0.159 e. The molecule has 0 saturated carbocycles. The summed E-state index contributed by atoms with van der Waals surface area (Å²) >= 11 is 0. The molecule has 3 nitrogen and oxygen atoms in total. The molecule has 2 aromatic heterocycles. The van der Waals surface area contributed by atoms with Crippen LogP contribution in [0.5, 0.6) is 0 Å². The van der Waals surface area contributed by atoms with Crippen molar-refractivity contribution in [1.29, 1.82) is 0 Å². The highest BCUT2D eigenvalue weighted by Crippen LogP contribution is 2.23. The van der Waals surface area contributed by atoms with Gasteiger partial charge in [-0.05, 0) is 30.7 Å². The fourth-order valence-electron chi connectivity index (χ4n) is 2.01. The summed E-state index contributed by atoms with van der Waals surface area (Å²) < 4.78 is 2.09. The highest BCUT2D eigenvalue weighted by Gasteiger charge is 2.13. The van der Waals surface area contributed by atoms with E-state index in [0.717, 1.165) is 29.3 Å². The number of imidazole rings is 1. The molecule has 1 aliphatic rings. The molecule has 0 aliphatic heterocycles. The van der Waals surface area contributed by atoms with Crippen LogP contribution in [0.2, 0.25) is 0 Å². The van der Waals surface area contributed by atoms with Gasteiger partial charge in [-0.2, -0.15) is 0 Å². The van der Waals surface area contributed by atoms with E-state index in [1.807, 2.05) is 52.9 Å². The molecule has 21 heavy (non-hydrogen) atoms. The average molecular weight is 283 g/mol. The third kappa shape index (κ3) is 3.91.